The summed E-state index contributed by atoms with van der Waals surface area (Å²) >= 11 is 0. The third-order valence-corrected chi connectivity index (χ3v) is 3.79. The molecule has 0 aromatic carbocycles. The third-order valence-electron chi connectivity index (χ3n) is 3.79. The number of hydrogen-bond acceptors (Lipinski definition) is 2. The van der Waals surface area contributed by atoms with Gasteiger partial charge in [0.15, 0.2) is 0 Å². The highest BCUT2D eigenvalue weighted by molar-refractivity contribution is 4.86. The summed E-state index contributed by atoms with van der Waals surface area (Å²) in [6.07, 6.45) is 5.29. The lowest BCUT2D eigenvalue weighted by Gasteiger charge is -2.30. The van der Waals surface area contributed by atoms with Gasteiger partial charge in [-0.05, 0) is 37.0 Å². The molecule has 2 heteroatoms. The molecule has 0 heterocycles. The van der Waals surface area contributed by atoms with Crippen LogP contribution >= 0.6 is 0 Å². The summed E-state index contributed by atoms with van der Waals surface area (Å²) in [4.78, 5) is 0. The van der Waals surface area contributed by atoms with Gasteiger partial charge in [-0.1, -0.05) is 27.2 Å². The van der Waals surface area contributed by atoms with Crippen molar-refractivity contribution in [2.24, 2.45) is 11.3 Å². The smallest absolute Gasteiger partial charge is 0.0880 e. The second kappa shape index (κ2) is 4.84. The fourth-order valence-electron chi connectivity index (χ4n) is 2.67. The van der Waals surface area contributed by atoms with E-state index in [0.29, 0.717) is 12.0 Å². The van der Waals surface area contributed by atoms with Gasteiger partial charge >= 0.3 is 0 Å². The maximum Gasteiger partial charge on any atom is 0.0880 e. The Balaban J connectivity index is 2.55. The van der Waals surface area contributed by atoms with Gasteiger partial charge in [-0.15, -0.1) is 0 Å². The van der Waals surface area contributed by atoms with Crippen LogP contribution in [0.15, 0.2) is 0 Å². The predicted octanol–water partition coefficient (Wildman–Crippen LogP) is 2.99. The first-order valence-electron chi connectivity index (χ1n) is 6.09. The van der Waals surface area contributed by atoms with Crippen molar-refractivity contribution in [3.8, 4) is 0 Å². The Bertz CT molecular complexity index is 195. The van der Waals surface area contributed by atoms with E-state index >= 15 is 0 Å². The quantitative estimate of drug-likeness (QED) is 0.716. The Kier molecular flexibility index (Phi) is 4.19. The lowest BCUT2D eigenvalue weighted by atomic mass is 9.76. The monoisotopic (exact) mass is 214 g/mol. The van der Waals surface area contributed by atoms with Crippen molar-refractivity contribution in [2.45, 2.75) is 58.5 Å². The molecule has 1 aliphatic carbocycles. The number of aliphatic hydroxyl groups is 1. The van der Waals surface area contributed by atoms with Crippen LogP contribution in [-0.4, -0.2) is 24.4 Å². The summed E-state index contributed by atoms with van der Waals surface area (Å²) in [5.74, 6) is 0.739. The molecule has 1 N–H and O–H groups in total. The normalized spacial score (nSPS) is 33.8. The third kappa shape index (κ3) is 3.76. The first kappa shape index (κ1) is 13.0. The maximum atomic E-state index is 10.3. The minimum Gasteiger partial charge on any atom is -0.387 e. The van der Waals surface area contributed by atoms with Crippen LogP contribution in [0.5, 0.6) is 0 Å². The molecule has 0 aromatic heterocycles. The minimum atomic E-state index is -0.561. The van der Waals surface area contributed by atoms with Crippen LogP contribution in [0.3, 0.4) is 0 Å². The molecule has 0 radical (unpaired) electrons. The van der Waals surface area contributed by atoms with Crippen molar-refractivity contribution in [1.82, 2.24) is 0 Å². The molecule has 2 unspecified atom stereocenters. The van der Waals surface area contributed by atoms with Gasteiger partial charge in [-0.3, -0.25) is 0 Å². The van der Waals surface area contributed by atoms with Crippen molar-refractivity contribution in [2.75, 3.05) is 13.7 Å². The molecule has 1 saturated carbocycles. The first-order chi connectivity index (χ1) is 6.87. The molecule has 0 aromatic rings. The molecule has 1 aliphatic rings. The lowest BCUT2D eigenvalue weighted by molar-refractivity contribution is -0.0429. The average Bonchev–Trinajstić information content (AvgIpc) is 2.26. The van der Waals surface area contributed by atoms with Crippen molar-refractivity contribution in [3.63, 3.8) is 0 Å². The van der Waals surface area contributed by atoms with Crippen LogP contribution in [0.1, 0.15) is 52.9 Å². The summed E-state index contributed by atoms with van der Waals surface area (Å²) in [5.41, 5.74) is -0.187. The molecular formula is C13H26O2. The molecule has 90 valence electrons. The van der Waals surface area contributed by atoms with E-state index < -0.39 is 5.60 Å². The summed E-state index contributed by atoms with van der Waals surface area (Å²) < 4.78 is 5.11. The van der Waals surface area contributed by atoms with Crippen molar-refractivity contribution in [1.29, 1.82) is 0 Å². The number of hydrogen-bond donors (Lipinski definition) is 1. The molecule has 2 atom stereocenters. The van der Waals surface area contributed by atoms with E-state index in [0.717, 1.165) is 31.6 Å². The molecule has 0 bridgehead atoms. The van der Waals surface area contributed by atoms with E-state index in [1.807, 2.05) is 0 Å². The fraction of sp³-hybridized carbons (Fsp3) is 1.00. The zero-order valence-electron chi connectivity index (χ0n) is 10.7. The maximum absolute atomic E-state index is 10.3. The Hall–Kier alpha value is -0.0800. The largest absolute Gasteiger partial charge is 0.387 e. The molecule has 0 saturated heterocycles. The standard InChI is InChI=1S/C13H26O2/c1-12(2,3)11-6-5-8-13(14,9-7-11)10-15-4/h11,14H,5-10H2,1-4H3. The second-order valence-corrected chi connectivity index (χ2v) is 6.15. The van der Waals surface area contributed by atoms with Gasteiger partial charge in [-0.2, -0.15) is 0 Å². The van der Waals surface area contributed by atoms with Gasteiger partial charge in [-0.25, -0.2) is 0 Å². The van der Waals surface area contributed by atoms with Crippen LogP contribution in [0, 0.1) is 11.3 Å². The molecule has 0 amide bonds. The zero-order valence-corrected chi connectivity index (χ0v) is 10.7. The molecule has 15 heavy (non-hydrogen) atoms. The van der Waals surface area contributed by atoms with Crippen molar-refractivity contribution in [3.05, 3.63) is 0 Å². The van der Waals surface area contributed by atoms with Crippen LogP contribution < -0.4 is 0 Å². The van der Waals surface area contributed by atoms with Gasteiger partial charge in [0.1, 0.15) is 0 Å². The zero-order chi connectivity index (χ0) is 11.5. The first-order valence-corrected chi connectivity index (χ1v) is 6.09. The molecule has 0 spiro atoms. The lowest BCUT2D eigenvalue weighted by Crippen LogP contribution is -2.33. The van der Waals surface area contributed by atoms with Crippen LogP contribution in [0.4, 0.5) is 0 Å². The second-order valence-electron chi connectivity index (χ2n) is 6.15. The van der Waals surface area contributed by atoms with Crippen LogP contribution in [0.2, 0.25) is 0 Å². The van der Waals surface area contributed by atoms with Gasteiger partial charge in [0, 0.05) is 7.11 Å². The highest BCUT2D eigenvalue weighted by Gasteiger charge is 2.34. The number of methoxy groups -OCH3 is 1. The summed E-state index contributed by atoms with van der Waals surface area (Å²) in [6, 6.07) is 0. The fourth-order valence-corrected chi connectivity index (χ4v) is 2.67. The van der Waals surface area contributed by atoms with E-state index in [4.69, 9.17) is 4.74 Å². The van der Waals surface area contributed by atoms with E-state index in [1.54, 1.807) is 7.11 Å². The summed E-state index contributed by atoms with van der Waals surface area (Å²) in [5, 5.41) is 10.3. The van der Waals surface area contributed by atoms with E-state index in [-0.39, 0.29) is 0 Å². The number of rotatable bonds is 2. The highest BCUT2D eigenvalue weighted by atomic mass is 16.5. The van der Waals surface area contributed by atoms with Gasteiger partial charge < -0.3 is 9.84 Å². The molecule has 1 fully saturated rings. The Morgan fingerprint density at radius 3 is 2.47 bits per heavy atom. The SMILES string of the molecule is COCC1(O)CCCC(C(C)(C)C)CC1. The van der Waals surface area contributed by atoms with Crippen molar-refractivity contribution < 1.29 is 9.84 Å². The predicted molar refractivity (Wildman–Crippen MR) is 62.9 cm³/mol. The summed E-state index contributed by atoms with van der Waals surface area (Å²) in [6.45, 7) is 7.40. The van der Waals surface area contributed by atoms with Gasteiger partial charge in [0.25, 0.3) is 0 Å². The van der Waals surface area contributed by atoms with Crippen molar-refractivity contribution >= 4 is 0 Å². The average molecular weight is 214 g/mol. The van der Waals surface area contributed by atoms with Gasteiger partial charge in [0.05, 0.1) is 12.2 Å². The summed E-state index contributed by atoms with van der Waals surface area (Å²) in [7, 11) is 1.67. The minimum absolute atomic E-state index is 0.373. The Morgan fingerprint density at radius 1 is 1.27 bits per heavy atom. The highest BCUT2D eigenvalue weighted by Crippen LogP contribution is 2.39. The molecule has 1 rings (SSSR count). The molecule has 0 aliphatic heterocycles. The van der Waals surface area contributed by atoms with E-state index in [1.165, 1.54) is 6.42 Å². The van der Waals surface area contributed by atoms with Gasteiger partial charge in [0.2, 0.25) is 0 Å². The Morgan fingerprint density at radius 2 is 1.93 bits per heavy atom. The van der Waals surface area contributed by atoms with Crippen LogP contribution in [-0.2, 0) is 4.74 Å². The molecular weight excluding hydrogens is 188 g/mol. The molecule has 2 nitrogen and oxygen atoms in total. The van der Waals surface area contributed by atoms with E-state index in [2.05, 4.69) is 20.8 Å². The van der Waals surface area contributed by atoms with E-state index in [9.17, 15) is 5.11 Å². The number of ether oxygens (including phenoxy) is 1. The topological polar surface area (TPSA) is 29.5 Å². The van der Waals surface area contributed by atoms with Crippen LogP contribution in [0.25, 0.3) is 0 Å². The Labute approximate surface area is 94.0 Å².